The Hall–Kier alpha value is -4.64. The van der Waals surface area contributed by atoms with Gasteiger partial charge in [0, 0.05) is 17.4 Å². The van der Waals surface area contributed by atoms with Gasteiger partial charge in [-0.2, -0.15) is 0 Å². The van der Waals surface area contributed by atoms with Crippen molar-refractivity contribution in [3.05, 3.63) is 130 Å². The number of aliphatic hydroxyl groups excluding tert-OH is 2. The van der Waals surface area contributed by atoms with E-state index in [1.165, 1.54) is 0 Å². The summed E-state index contributed by atoms with van der Waals surface area (Å²) in [7, 11) is 0. The van der Waals surface area contributed by atoms with Gasteiger partial charge < -0.3 is 14.9 Å². The Labute approximate surface area is 227 Å². The van der Waals surface area contributed by atoms with Gasteiger partial charge in [-0.05, 0) is 59.9 Å². The quantitative estimate of drug-likeness (QED) is 0.289. The van der Waals surface area contributed by atoms with Crippen molar-refractivity contribution in [2.45, 2.75) is 39.0 Å². The van der Waals surface area contributed by atoms with Crippen LogP contribution in [0.3, 0.4) is 0 Å². The van der Waals surface area contributed by atoms with Crippen molar-refractivity contribution in [3.63, 3.8) is 0 Å². The molecule has 1 aromatic heterocycles. The van der Waals surface area contributed by atoms with Crippen LogP contribution in [-0.4, -0.2) is 21.0 Å². The van der Waals surface area contributed by atoms with Crippen molar-refractivity contribution in [3.8, 4) is 5.75 Å². The highest BCUT2D eigenvalue weighted by molar-refractivity contribution is 6.08. The molecule has 5 heteroatoms. The van der Waals surface area contributed by atoms with Crippen LogP contribution in [0.4, 0.5) is 0 Å². The molecule has 1 aliphatic heterocycles. The second-order valence-electron chi connectivity index (χ2n) is 10.0. The van der Waals surface area contributed by atoms with E-state index in [2.05, 4.69) is 6.58 Å². The number of carbonyl (C=O) groups is 1. The molecule has 0 spiro atoms. The Morgan fingerprint density at radius 2 is 1.56 bits per heavy atom. The zero-order valence-corrected chi connectivity index (χ0v) is 22.0. The van der Waals surface area contributed by atoms with Crippen LogP contribution in [-0.2, 0) is 24.1 Å². The smallest absolute Gasteiger partial charge is 0.167 e. The topological polar surface area (TPSA) is 79.6 Å². The van der Waals surface area contributed by atoms with E-state index in [0.29, 0.717) is 28.1 Å². The summed E-state index contributed by atoms with van der Waals surface area (Å²) in [6, 6.07) is 23.0. The highest BCUT2D eigenvalue weighted by Crippen LogP contribution is 2.48. The normalized spacial score (nSPS) is 15.7. The summed E-state index contributed by atoms with van der Waals surface area (Å²) < 4.78 is 6.12. The Morgan fingerprint density at radius 1 is 0.872 bits per heavy atom. The first kappa shape index (κ1) is 24.7. The lowest BCUT2D eigenvalue weighted by Crippen LogP contribution is -2.26. The highest BCUT2D eigenvalue weighted by Gasteiger charge is 2.40. The van der Waals surface area contributed by atoms with Gasteiger partial charge in [0.05, 0.1) is 33.8 Å². The minimum Gasteiger partial charge on any atom is -0.507 e. The van der Waals surface area contributed by atoms with E-state index in [4.69, 9.17) is 9.72 Å². The molecule has 39 heavy (non-hydrogen) atoms. The van der Waals surface area contributed by atoms with Gasteiger partial charge in [-0.15, -0.1) is 0 Å². The van der Waals surface area contributed by atoms with E-state index in [0.717, 1.165) is 40.4 Å². The molecular weight excluding hydrogens is 486 g/mol. The third-order valence-corrected chi connectivity index (χ3v) is 7.73. The van der Waals surface area contributed by atoms with Crippen LogP contribution >= 0.6 is 0 Å². The number of hydrogen-bond donors (Lipinski definition) is 2. The van der Waals surface area contributed by atoms with Crippen LogP contribution in [0.1, 0.15) is 53.3 Å². The second kappa shape index (κ2) is 9.59. The fourth-order valence-electron chi connectivity index (χ4n) is 5.58. The van der Waals surface area contributed by atoms with E-state index in [1.807, 2.05) is 86.6 Å². The lowest BCUT2D eigenvalue weighted by Gasteiger charge is -2.31. The van der Waals surface area contributed by atoms with Crippen LogP contribution in [0.15, 0.2) is 96.3 Å². The first-order chi connectivity index (χ1) is 18.9. The molecule has 1 atom stereocenters. The van der Waals surface area contributed by atoms with Crippen molar-refractivity contribution < 1.29 is 19.7 Å². The number of pyridine rings is 1. The molecule has 4 aromatic rings. The Morgan fingerprint density at radius 3 is 2.33 bits per heavy atom. The van der Waals surface area contributed by atoms with Gasteiger partial charge in [0.15, 0.2) is 5.78 Å². The van der Waals surface area contributed by atoms with Gasteiger partial charge in [-0.3, -0.25) is 9.78 Å². The fraction of sp³-hybridized carbons (Fsp3) is 0.176. The molecular formula is C34H29NO4. The van der Waals surface area contributed by atoms with Gasteiger partial charge in [0.2, 0.25) is 0 Å². The number of nitrogens with zero attached hydrogens (tertiary/aromatic N) is 1. The zero-order valence-electron chi connectivity index (χ0n) is 22.0. The number of aliphatic hydroxyl groups is 2. The predicted octanol–water partition coefficient (Wildman–Crippen LogP) is 7.41. The first-order valence-electron chi connectivity index (χ1n) is 13.3. The molecule has 0 saturated carbocycles. The monoisotopic (exact) mass is 515 g/mol. The number of fused-ring (bicyclic) bond motifs is 3. The van der Waals surface area contributed by atoms with Gasteiger partial charge >= 0.3 is 0 Å². The molecule has 0 radical (unpaired) electrons. The summed E-state index contributed by atoms with van der Waals surface area (Å²) in [5.74, 6) is -0.549. The standard InChI is InChI=1S/C34H29NO4/c1-4-20-10-12-23-18-28(36)32(33(37)24(23)16-20)31(27-14-13-22-8-6-7-9-26(22)35-27)30-19(3)39-29-15-11-21(5-2)17-25(29)34(30)38/h6-17,31,37-38H,3-5,18H2,1-2H3. The average molecular weight is 516 g/mol. The Balaban J connectivity index is 1.65. The largest absolute Gasteiger partial charge is 0.507 e. The third-order valence-electron chi connectivity index (χ3n) is 7.73. The van der Waals surface area contributed by atoms with Crippen molar-refractivity contribution in [1.82, 2.24) is 4.98 Å². The maximum absolute atomic E-state index is 13.8. The molecule has 1 unspecified atom stereocenters. The number of benzene rings is 3. The number of carbonyl (C=O) groups excluding carboxylic acids is 1. The lowest BCUT2D eigenvalue weighted by atomic mass is 9.76. The number of ether oxygens (including phenoxy) is 1. The van der Waals surface area contributed by atoms with Crippen LogP contribution in [0.2, 0.25) is 0 Å². The van der Waals surface area contributed by atoms with Crippen molar-refractivity contribution in [1.29, 1.82) is 0 Å². The van der Waals surface area contributed by atoms with Crippen LogP contribution in [0.25, 0.3) is 22.4 Å². The Kier molecular flexibility index (Phi) is 6.07. The number of ketones is 1. The van der Waals surface area contributed by atoms with E-state index in [9.17, 15) is 15.0 Å². The maximum Gasteiger partial charge on any atom is 0.167 e. The summed E-state index contributed by atoms with van der Waals surface area (Å²) in [6.07, 6.45) is 1.72. The van der Waals surface area contributed by atoms with Crippen LogP contribution in [0, 0.1) is 0 Å². The number of aromatic nitrogens is 1. The molecule has 194 valence electrons. The summed E-state index contributed by atoms with van der Waals surface area (Å²) in [5.41, 5.74) is 5.79. The Bertz CT molecular complexity index is 1650. The minimum atomic E-state index is -0.897. The second-order valence-corrected chi connectivity index (χ2v) is 10.0. The number of allylic oxidation sites excluding steroid dienone is 2. The summed E-state index contributed by atoms with van der Waals surface area (Å²) in [4.78, 5) is 18.7. The van der Waals surface area contributed by atoms with Crippen molar-refractivity contribution >= 4 is 28.2 Å². The number of para-hydroxylation sites is 1. The van der Waals surface area contributed by atoms with Crippen molar-refractivity contribution in [2.24, 2.45) is 0 Å². The molecule has 1 aliphatic carbocycles. The molecule has 2 aliphatic rings. The molecule has 5 nitrogen and oxygen atoms in total. The molecule has 2 heterocycles. The van der Waals surface area contributed by atoms with Gasteiger partial charge in [0.1, 0.15) is 23.0 Å². The minimum absolute atomic E-state index is 0.0299. The number of aryl methyl sites for hydroxylation is 2. The molecule has 0 fully saturated rings. The van der Waals surface area contributed by atoms with E-state index in [-0.39, 0.29) is 35.1 Å². The predicted molar refractivity (Wildman–Crippen MR) is 154 cm³/mol. The van der Waals surface area contributed by atoms with Gasteiger partial charge in [0.25, 0.3) is 0 Å². The number of hydrogen-bond acceptors (Lipinski definition) is 5. The SMILES string of the molecule is C=C1Oc2ccc(CC)cc2C(O)=C1C(C1=C(O)c2cc(CC)ccc2CC1=O)c1ccc2ccccc2n1. The van der Waals surface area contributed by atoms with Gasteiger partial charge in [-0.25, -0.2) is 0 Å². The van der Waals surface area contributed by atoms with E-state index >= 15 is 0 Å². The molecule has 6 rings (SSSR count). The number of rotatable bonds is 5. The summed E-state index contributed by atoms with van der Waals surface area (Å²) in [6.45, 7) is 8.22. The first-order valence-corrected chi connectivity index (χ1v) is 13.3. The molecule has 0 saturated heterocycles. The van der Waals surface area contributed by atoms with Crippen molar-refractivity contribution in [2.75, 3.05) is 0 Å². The van der Waals surface area contributed by atoms with Gasteiger partial charge in [-0.1, -0.05) is 62.9 Å². The van der Waals surface area contributed by atoms with E-state index in [1.54, 1.807) is 0 Å². The van der Waals surface area contributed by atoms with E-state index < -0.39 is 5.92 Å². The highest BCUT2D eigenvalue weighted by atomic mass is 16.5. The van der Waals surface area contributed by atoms with Crippen LogP contribution < -0.4 is 4.74 Å². The summed E-state index contributed by atoms with van der Waals surface area (Å²) >= 11 is 0. The fourth-order valence-corrected chi connectivity index (χ4v) is 5.58. The average Bonchev–Trinajstić information content (AvgIpc) is 2.95. The van der Waals surface area contributed by atoms with Crippen LogP contribution in [0.5, 0.6) is 5.75 Å². The molecule has 0 amide bonds. The molecule has 2 N–H and O–H groups in total. The molecule has 0 bridgehead atoms. The zero-order chi connectivity index (χ0) is 27.3. The lowest BCUT2D eigenvalue weighted by molar-refractivity contribution is -0.115. The summed E-state index contributed by atoms with van der Waals surface area (Å²) in [5, 5.41) is 24.4. The maximum atomic E-state index is 13.8. The third kappa shape index (κ3) is 4.11. The number of Topliss-reactive ketones (excluding diaryl/α,β-unsaturated/α-hetero) is 1. The molecule has 3 aromatic carbocycles.